The predicted molar refractivity (Wildman–Crippen MR) is 94.0 cm³/mol. The predicted octanol–water partition coefficient (Wildman–Crippen LogP) is 1.90. The summed E-state index contributed by atoms with van der Waals surface area (Å²) < 4.78 is 0. The number of aryl methyl sites for hydroxylation is 1. The molecule has 2 fully saturated rings. The Morgan fingerprint density at radius 3 is 2.79 bits per heavy atom. The van der Waals surface area contributed by atoms with Crippen molar-refractivity contribution in [3.8, 4) is 0 Å². The quantitative estimate of drug-likeness (QED) is 0.887. The van der Waals surface area contributed by atoms with E-state index in [4.69, 9.17) is 0 Å². The van der Waals surface area contributed by atoms with Gasteiger partial charge in [-0.3, -0.25) is 0 Å². The molecule has 0 bridgehead atoms. The number of carbonyl (C=O) groups excluding carboxylic acids is 1. The van der Waals surface area contributed by atoms with Crippen molar-refractivity contribution in [2.24, 2.45) is 5.92 Å². The summed E-state index contributed by atoms with van der Waals surface area (Å²) in [5.41, 5.74) is 2.06. The molecule has 0 radical (unpaired) electrons. The van der Waals surface area contributed by atoms with E-state index in [0.717, 1.165) is 36.6 Å². The van der Waals surface area contributed by atoms with Crippen LogP contribution in [-0.4, -0.2) is 53.3 Å². The fraction of sp³-hybridized carbons (Fsp3) is 0.667. The van der Waals surface area contributed by atoms with Crippen LogP contribution in [0, 0.1) is 12.8 Å². The van der Waals surface area contributed by atoms with Crippen molar-refractivity contribution >= 4 is 11.8 Å². The van der Waals surface area contributed by atoms with Gasteiger partial charge in [0, 0.05) is 44.0 Å². The van der Waals surface area contributed by atoms with E-state index in [1.165, 1.54) is 12.8 Å². The lowest BCUT2D eigenvalue weighted by atomic mass is 9.96. The van der Waals surface area contributed by atoms with Crippen molar-refractivity contribution in [1.29, 1.82) is 0 Å². The molecular formula is C18H28N4O2. The van der Waals surface area contributed by atoms with Crippen LogP contribution in [0.2, 0.25) is 0 Å². The maximum absolute atomic E-state index is 12.4. The molecule has 1 aromatic rings. The Kier molecular flexibility index (Phi) is 5.23. The van der Waals surface area contributed by atoms with Crippen LogP contribution < -0.4 is 10.2 Å². The van der Waals surface area contributed by atoms with Crippen LogP contribution in [0.25, 0.3) is 0 Å². The zero-order valence-corrected chi connectivity index (χ0v) is 14.7. The molecule has 3 rings (SSSR count). The lowest BCUT2D eigenvalue weighted by molar-refractivity contribution is 0.0435. The zero-order chi connectivity index (χ0) is 17.1. The van der Waals surface area contributed by atoms with Gasteiger partial charge in [-0.05, 0) is 38.2 Å². The maximum atomic E-state index is 12.4. The number of rotatable bonds is 3. The molecule has 2 saturated heterocycles. The summed E-state index contributed by atoms with van der Waals surface area (Å²) >= 11 is 0. The summed E-state index contributed by atoms with van der Waals surface area (Å²) in [6, 6.07) is 3.95. The fourth-order valence-corrected chi connectivity index (χ4v) is 3.43. The van der Waals surface area contributed by atoms with E-state index in [2.05, 4.69) is 21.3 Å². The smallest absolute Gasteiger partial charge is 0.317 e. The van der Waals surface area contributed by atoms with Gasteiger partial charge in [-0.25, -0.2) is 9.78 Å². The number of aromatic nitrogens is 1. The molecule has 2 amide bonds. The number of carbonyl (C=O) groups is 1. The molecule has 1 aromatic heterocycles. The second-order valence-corrected chi connectivity index (χ2v) is 7.07. The minimum Gasteiger partial charge on any atom is -0.391 e. The topological polar surface area (TPSA) is 68.7 Å². The number of nitrogens with one attached hydrogen (secondary N) is 1. The summed E-state index contributed by atoms with van der Waals surface area (Å²) in [5, 5.41) is 13.0. The number of hydrogen-bond acceptors (Lipinski definition) is 4. The van der Waals surface area contributed by atoms with Crippen molar-refractivity contribution in [3.05, 3.63) is 23.4 Å². The first-order chi connectivity index (χ1) is 11.5. The zero-order valence-electron chi connectivity index (χ0n) is 14.7. The molecule has 6 heteroatoms. The highest BCUT2D eigenvalue weighted by molar-refractivity contribution is 5.74. The van der Waals surface area contributed by atoms with Gasteiger partial charge in [-0.2, -0.15) is 0 Å². The highest BCUT2D eigenvalue weighted by atomic mass is 16.3. The standard InChI is InChI=1S/C18H28N4O2/c1-13-7-10-22(12-16(13)23)18(24)19-11-15-6-5-14(2)20-17(15)21-8-3-4-9-21/h5-6,13,16,23H,3-4,7-12H2,1-2H3,(H,19,24). The molecule has 2 aliphatic heterocycles. The summed E-state index contributed by atoms with van der Waals surface area (Å²) in [7, 11) is 0. The van der Waals surface area contributed by atoms with E-state index in [1.54, 1.807) is 4.90 Å². The molecule has 2 atom stereocenters. The van der Waals surface area contributed by atoms with Crippen molar-refractivity contribution in [2.45, 2.75) is 45.8 Å². The van der Waals surface area contributed by atoms with Crippen molar-refractivity contribution in [3.63, 3.8) is 0 Å². The molecule has 0 aliphatic carbocycles. The average Bonchev–Trinajstić information content (AvgIpc) is 3.10. The summed E-state index contributed by atoms with van der Waals surface area (Å²) in [4.78, 5) is 21.1. The molecule has 2 unspecified atom stereocenters. The fourth-order valence-electron chi connectivity index (χ4n) is 3.43. The van der Waals surface area contributed by atoms with Crippen LogP contribution in [0.5, 0.6) is 0 Å². The number of amides is 2. The first-order valence-corrected chi connectivity index (χ1v) is 8.97. The summed E-state index contributed by atoms with van der Waals surface area (Å²) in [6.45, 7) is 7.69. The van der Waals surface area contributed by atoms with Gasteiger partial charge in [0.05, 0.1) is 6.10 Å². The van der Waals surface area contributed by atoms with Gasteiger partial charge in [0.25, 0.3) is 0 Å². The highest BCUT2D eigenvalue weighted by Gasteiger charge is 2.27. The van der Waals surface area contributed by atoms with Gasteiger partial charge < -0.3 is 20.2 Å². The molecule has 3 heterocycles. The summed E-state index contributed by atoms with van der Waals surface area (Å²) in [6.07, 6.45) is 2.82. The first kappa shape index (κ1) is 17.0. The third-order valence-corrected chi connectivity index (χ3v) is 5.14. The second kappa shape index (κ2) is 7.38. The van der Waals surface area contributed by atoms with Crippen molar-refractivity contribution in [1.82, 2.24) is 15.2 Å². The monoisotopic (exact) mass is 332 g/mol. The number of nitrogens with zero attached hydrogens (tertiary/aromatic N) is 3. The molecule has 132 valence electrons. The van der Waals surface area contributed by atoms with Crippen LogP contribution in [0.3, 0.4) is 0 Å². The molecular weight excluding hydrogens is 304 g/mol. The lowest BCUT2D eigenvalue weighted by Crippen LogP contribution is -2.49. The number of hydrogen-bond donors (Lipinski definition) is 2. The minimum absolute atomic E-state index is 0.103. The first-order valence-electron chi connectivity index (χ1n) is 8.97. The van der Waals surface area contributed by atoms with Crippen LogP contribution in [-0.2, 0) is 6.54 Å². The number of aliphatic hydroxyl groups excluding tert-OH is 1. The van der Waals surface area contributed by atoms with Gasteiger partial charge in [0.15, 0.2) is 0 Å². The van der Waals surface area contributed by atoms with Crippen LogP contribution in [0.15, 0.2) is 12.1 Å². The van der Waals surface area contributed by atoms with E-state index < -0.39 is 6.10 Å². The Balaban J connectivity index is 1.63. The third kappa shape index (κ3) is 3.80. The van der Waals surface area contributed by atoms with E-state index in [0.29, 0.717) is 19.6 Å². The largest absolute Gasteiger partial charge is 0.391 e. The van der Waals surface area contributed by atoms with Gasteiger partial charge in [-0.15, -0.1) is 0 Å². The molecule has 24 heavy (non-hydrogen) atoms. The van der Waals surface area contributed by atoms with Crippen molar-refractivity contribution < 1.29 is 9.90 Å². The number of anilines is 1. The van der Waals surface area contributed by atoms with Crippen LogP contribution in [0.4, 0.5) is 10.6 Å². The van der Waals surface area contributed by atoms with Crippen LogP contribution in [0.1, 0.15) is 37.4 Å². The Morgan fingerprint density at radius 1 is 1.33 bits per heavy atom. The number of pyridine rings is 1. The van der Waals surface area contributed by atoms with E-state index in [1.807, 2.05) is 19.9 Å². The van der Waals surface area contributed by atoms with Gasteiger partial charge in [0.2, 0.25) is 0 Å². The number of likely N-dealkylation sites (tertiary alicyclic amines) is 1. The average molecular weight is 332 g/mol. The maximum Gasteiger partial charge on any atom is 0.317 e. The third-order valence-electron chi connectivity index (χ3n) is 5.14. The van der Waals surface area contributed by atoms with Crippen molar-refractivity contribution in [2.75, 3.05) is 31.1 Å². The SMILES string of the molecule is Cc1ccc(CNC(=O)N2CCC(C)C(O)C2)c(N2CCCC2)n1. The number of β-amino-alcohol motifs (C(OH)–C–C–N with tert-alkyl or cyclic N) is 1. The normalized spacial score (nSPS) is 24.3. The second-order valence-electron chi connectivity index (χ2n) is 7.07. The molecule has 0 spiro atoms. The Morgan fingerprint density at radius 2 is 2.08 bits per heavy atom. The van der Waals surface area contributed by atoms with Crippen LogP contribution >= 0.6 is 0 Å². The molecule has 2 N–H and O–H groups in total. The Labute approximate surface area is 143 Å². The minimum atomic E-state index is -0.425. The van der Waals surface area contributed by atoms with Gasteiger partial charge in [-0.1, -0.05) is 13.0 Å². The number of aliphatic hydroxyl groups is 1. The number of urea groups is 1. The highest BCUT2D eigenvalue weighted by Crippen LogP contribution is 2.23. The molecule has 6 nitrogen and oxygen atoms in total. The van der Waals surface area contributed by atoms with E-state index >= 15 is 0 Å². The van der Waals surface area contributed by atoms with Gasteiger partial charge in [0.1, 0.15) is 5.82 Å². The Bertz CT molecular complexity index is 586. The lowest BCUT2D eigenvalue weighted by Gasteiger charge is -2.34. The molecule has 2 aliphatic rings. The number of piperidine rings is 1. The van der Waals surface area contributed by atoms with E-state index in [-0.39, 0.29) is 11.9 Å². The molecule has 0 aromatic carbocycles. The van der Waals surface area contributed by atoms with E-state index in [9.17, 15) is 9.90 Å². The van der Waals surface area contributed by atoms with Gasteiger partial charge >= 0.3 is 6.03 Å². The summed E-state index contributed by atoms with van der Waals surface area (Å²) in [5.74, 6) is 1.26. The Hall–Kier alpha value is -1.82. The molecule has 0 saturated carbocycles.